The van der Waals surface area contributed by atoms with E-state index in [-0.39, 0.29) is 17.0 Å². The largest absolute Gasteiger partial charge is 0.328 e. The van der Waals surface area contributed by atoms with Crippen LogP contribution in [0.25, 0.3) is 0 Å². The third-order valence-electron chi connectivity index (χ3n) is 4.08. The van der Waals surface area contributed by atoms with Crippen LogP contribution in [0.15, 0.2) is 24.3 Å². The van der Waals surface area contributed by atoms with E-state index in [9.17, 15) is 4.79 Å². The molecule has 19 heavy (non-hydrogen) atoms. The molecule has 104 valence electrons. The molecule has 1 aliphatic rings. The Labute approximate surface area is 120 Å². The quantitative estimate of drug-likeness (QED) is 0.740. The molecule has 1 amide bonds. The minimum Gasteiger partial charge on any atom is -0.328 e. The van der Waals surface area contributed by atoms with Crippen LogP contribution in [-0.2, 0) is 0 Å². The fourth-order valence-corrected chi connectivity index (χ4v) is 3.39. The van der Waals surface area contributed by atoms with Crippen LogP contribution in [0.4, 0.5) is 0 Å². The van der Waals surface area contributed by atoms with Gasteiger partial charge in [-0.1, -0.05) is 11.6 Å². The van der Waals surface area contributed by atoms with Crippen molar-refractivity contribution in [3.05, 3.63) is 34.9 Å². The smallest absolute Gasteiger partial charge is 0.254 e. The zero-order chi connectivity index (χ0) is 14.3. The van der Waals surface area contributed by atoms with Gasteiger partial charge in [0.15, 0.2) is 0 Å². The topological polar surface area (TPSA) is 20.3 Å². The maximum Gasteiger partial charge on any atom is 0.254 e. The molecular weight excluding hydrogens is 258 g/mol. The van der Waals surface area contributed by atoms with Crippen LogP contribution in [0.2, 0.25) is 5.02 Å². The highest BCUT2D eigenvalue weighted by molar-refractivity contribution is 6.30. The normalized spacial score (nSPS) is 21.2. The van der Waals surface area contributed by atoms with Gasteiger partial charge in [0.25, 0.3) is 5.91 Å². The van der Waals surface area contributed by atoms with Gasteiger partial charge in [-0.25, -0.2) is 0 Å². The number of likely N-dealkylation sites (tertiary alicyclic amines) is 1. The molecule has 0 aromatic heterocycles. The molecule has 0 bridgehead atoms. The van der Waals surface area contributed by atoms with E-state index in [4.69, 9.17) is 11.6 Å². The molecule has 1 fully saturated rings. The summed E-state index contributed by atoms with van der Waals surface area (Å²) in [5.74, 6) is 0.103. The second-order valence-electron chi connectivity index (χ2n) is 6.63. The Hall–Kier alpha value is -1.02. The number of carbonyl (C=O) groups is 1. The van der Waals surface area contributed by atoms with E-state index in [1.165, 1.54) is 6.42 Å². The number of rotatable bonds is 1. The van der Waals surface area contributed by atoms with Crippen molar-refractivity contribution < 1.29 is 4.79 Å². The Morgan fingerprint density at radius 2 is 1.53 bits per heavy atom. The molecular formula is C16H22ClNO. The van der Waals surface area contributed by atoms with Crippen LogP contribution in [0, 0.1) is 0 Å². The molecule has 1 aromatic rings. The molecule has 0 aliphatic carbocycles. The monoisotopic (exact) mass is 279 g/mol. The average molecular weight is 280 g/mol. The van der Waals surface area contributed by atoms with Gasteiger partial charge >= 0.3 is 0 Å². The molecule has 0 atom stereocenters. The van der Waals surface area contributed by atoms with E-state index in [2.05, 4.69) is 27.7 Å². The Bertz CT molecular complexity index is 460. The van der Waals surface area contributed by atoms with Gasteiger partial charge in [-0.05, 0) is 71.2 Å². The van der Waals surface area contributed by atoms with E-state index in [1.54, 1.807) is 12.1 Å². The molecule has 1 aliphatic heterocycles. The summed E-state index contributed by atoms with van der Waals surface area (Å²) in [7, 11) is 0. The summed E-state index contributed by atoms with van der Waals surface area (Å²) in [4.78, 5) is 14.9. The summed E-state index contributed by atoms with van der Waals surface area (Å²) < 4.78 is 0. The first kappa shape index (κ1) is 14.4. The lowest BCUT2D eigenvalue weighted by molar-refractivity contribution is -0.0111. The fourth-order valence-electron chi connectivity index (χ4n) is 3.27. The second kappa shape index (κ2) is 4.82. The Morgan fingerprint density at radius 3 is 2.00 bits per heavy atom. The summed E-state index contributed by atoms with van der Waals surface area (Å²) in [6.07, 6.45) is 3.27. The molecule has 1 saturated heterocycles. The molecule has 3 heteroatoms. The van der Waals surface area contributed by atoms with E-state index in [0.29, 0.717) is 10.6 Å². The summed E-state index contributed by atoms with van der Waals surface area (Å²) in [5, 5.41) is 0.661. The lowest BCUT2D eigenvalue weighted by Crippen LogP contribution is -2.60. The molecule has 2 rings (SSSR count). The van der Waals surface area contributed by atoms with Gasteiger partial charge in [-0.2, -0.15) is 0 Å². The van der Waals surface area contributed by atoms with Crippen molar-refractivity contribution >= 4 is 17.5 Å². The van der Waals surface area contributed by atoms with Gasteiger partial charge in [0, 0.05) is 21.7 Å². The van der Waals surface area contributed by atoms with Crippen molar-refractivity contribution in [2.75, 3.05) is 0 Å². The maximum absolute atomic E-state index is 12.8. The highest BCUT2D eigenvalue weighted by Crippen LogP contribution is 2.39. The van der Waals surface area contributed by atoms with Crippen LogP contribution in [0.3, 0.4) is 0 Å². The molecule has 0 saturated carbocycles. The predicted octanol–water partition coefficient (Wildman–Crippen LogP) is 4.52. The first-order valence-electron chi connectivity index (χ1n) is 6.84. The van der Waals surface area contributed by atoms with Crippen molar-refractivity contribution in [3.63, 3.8) is 0 Å². The maximum atomic E-state index is 12.8. The number of piperidine rings is 1. The lowest BCUT2D eigenvalue weighted by Gasteiger charge is -2.53. The van der Waals surface area contributed by atoms with Crippen LogP contribution in [0.5, 0.6) is 0 Å². The van der Waals surface area contributed by atoms with Crippen LogP contribution in [-0.4, -0.2) is 21.9 Å². The minimum atomic E-state index is -0.0987. The highest BCUT2D eigenvalue weighted by atomic mass is 35.5. The van der Waals surface area contributed by atoms with Crippen LogP contribution < -0.4 is 0 Å². The Balaban J connectivity index is 2.36. The Kier molecular flexibility index (Phi) is 3.65. The number of benzene rings is 1. The number of hydrogen-bond donors (Lipinski definition) is 0. The number of carbonyl (C=O) groups excluding carboxylic acids is 1. The molecule has 1 heterocycles. The third kappa shape index (κ3) is 2.79. The van der Waals surface area contributed by atoms with Gasteiger partial charge in [-0.3, -0.25) is 4.79 Å². The van der Waals surface area contributed by atoms with E-state index in [0.717, 1.165) is 12.8 Å². The van der Waals surface area contributed by atoms with Crippen molar-refractivity contribution in [3.8, 4) is 0 Å². The van der Waals surface area contributed by atoms with Crippen molar-refractivity contribution in [2.24, 2.45) is 0 Å². The highest BCUT2D eigenvalue weighted by Gasteiger charge is 2.44. The van der Waals surface area contributed by atoms with Crippen LogP contribution in [0.1, 0.15) is 57.3 Å². The molecule has 2 nitrogen and oxygen atoms in total. The molecule has 0 unspecified atom stereocenters. The average Bonchev–Trinajstić information content (AvgIpc) is 2.27. The number of halogens is 1. The fraction of sp³-hybridized carbons (Fsp3) is 0.562. The SMILES string of the molecule is CC1(C)CCCC(C)(C)N1C(=O)c1ccc(Cl)cc1. The third-order valence-corrected chi connectivity index (χ3v) is 4.33. The van der Waals surface area contributed by atoms with Crippen molar-refractivity contribution in [1.82, 2.24) is 4.90 Å². The molecule has 0 N–H and O–H groups in total. The molecule has 0 radical (unpaired) electrons. The minimum absolute atomic E-state index is 0.0987. The first-order valence-corrected chi connectivity index (χ1v) is 7.22. The van der Waals surface area contributed by atoms with E-state index < -0.39 is 0 Å². The van der Waals surface area contributed by atoms with Gasteiger partial charge < -0.3 is 4.90 Å². The standard InChI is InChI=1S/C16H22ClNO/c1-15(2)10-5-11-16(3,4)18(15)14(19)12-6-8-13(17)9-7-12/h6-9H,5,10-11H2,1-4H3. The van der Waals surface area contributed by atoms with Crippen molar-refractivity contribution in [2.45, 2.75) is 58.0 Å². The van der Waals surface area contributed by atoms with Gasteiger partial charge in [-0.15, -0.1) is 0 Å². The number of amides is 1. The lowest BCUT2D eigenvalue weighted by atomic mass is 9.79. The zero-order valence-electron chi connectivity index (χ0n) is 12.2. The Morgan fingerprint density at radius 1 is 1.05 bits per heavy atom. The summed E-state index contributed by atoms with van der Waals surface area (Å²) >= 11 is 5.89. The summed E-state index contributed by atoms with van der Waals surface area (Å²) in [6, 6.07) is 7.17. The summed E-state index contributed by atoms with van der Waals surface area (Å²) in [6.45, 7) is 8.62. The number of nitrogens with zero attached hydrogens (tertiary/aromatic N) is 1. The van der Waals surface area contributed by atoms with Gasteiger partial charge in [0.1, 0.15) is 0 Å². The van der Waals surface area contributed by atoms with E-state index in [1.807, 2.05) is 17.0 Å². The predicted molar refractivity (Wildman–Crippen MR) is 79.6 cm³/mol. The van der Waals surface area contributed by atoms with Gasteiger partial charge in [0.05, 0.1) is 0 Å². The summed E-state index contributed by atoms with van der Waals surface area (Å²) in [5.41, 5.74) is 0.518. The molecule has 1 aromatic carbocycles. The second-order valence-corrected chi connectivity index (χ2v) is 7.06. The van der Waals surface area contributed by atoms with Gasteiger partial charge in [0.2, 0.25) is 0 Å². The van der Waals surface area contributed by atoms with Crippen LogP contribution >= 0.6 is 11.6 Å². The van der Waals surface area contributed by atoms with E-state index >= 15 is 0 Å². The molecule has 0 spiro atoms. The number of hydrogen-bond acceptors (Lipinski definition) is 1. The zero-order valence-corrected chi connectivity index (χ0v) is 12.9. The first-order chi connectivity index (χ1) is 8.74. The van der Waals surface area contributed by atoms with Crippen molar-refractivity contribution in [1.29, 1.82) is 0 Å².